The molecular weight excluding hydrogens is 329 g/mol. The summed E-state index contributed by atoms with van der Waals surface area (Å²) < 4.78 is 39.9. The standard InChI is InChI=1S/C20H19F3O2/c21-15-9-8-14(19(22)20(15)23)7-6-12-10-16(24)18(17(25)11-12)13-4-2-1-3-5-13/h6-11,13,24-25H,1-5H2. The van der Waals surface area contributed by atoms with Crippen LogP contribution in [0.5, 0.6) is 11.5 Å². The molecule has 0 saturated heterocycles. The van der Waals surface area contributed by atoms with Gasteiger partial charge in [0.25, 0.3) is 0 Å². The quantitative estimate of drug-likeness (QED) is 0.549. The number of halogens is 3. The van der Waals surface area contributed by atoms with E-state index in [0.29, 0.717) is 11.1 Å². The Morgan fingerprint density at radius 3 is 2.12 bits per heavy atom. The predicted octanol–water partition coefficient (Wildman–Crippen LogP) is 5.73. The van der Waals surface area contributed by atoms with Crippen molar-refractivity contribution in [3.63, 3.8) is 0 Å². The Morgan fingerprint density at radius 1 is 0.840 bits per heavy atom. The minimum atomic E-state index is -1.53. The molecule has 0 bridgehead atoms. The lowest BCUT2D eigenvalue weighted by molar-refractivity contribution is 0.389. The first kappa shape index (κ1) is 17.4. The molecule has 0 spiro atoms. The molecule has 3 rings (SSSR count). The maximum Gasteiger partial charge on any atom is 0.195 e. The van der Waals surface area contributed by atoms with Gasteiger partial charge in [0.1, 0.15) is 11.5 Å². The van der Waals surface area contributed by atoms with Crippen molar-refractivity contribution in [2.45, 2.75) is 38.0 Å². The second-order valence-corrected chi connectivity index (χ2v) is 6.41. The summed E-state index contributed by atoms with van der Waals surface area (Å²) in [6, 6.07) is 4.94. The molecule has 0 heterocycles. The van der Waals surface area contributed by atoms with Crippen LogP contribution in [0.15, 0.2) is 24.3 Å². The smallest absolute Gasteiger partial charge is 0.195 e. The van der Waals surface area contributed by atoms with Crippen LogP contribution in [0.4, 0.5) is 13.2 Å². The van der Waals surface area contributed by atoms with Gasteiger partial charge < -0.3 is 10.2 Å². The van der Waals surface area contributed by atoms with E-state index < -0.39 is 17.5 Å². The van der Waals surface area contributed by atoms with Gasteiger partial charge >= 0.3 is 0 Å². The Labute approximate surface area is 144 Å². The third-order valence-corrected chi connectivity index (χ3v) is 4.69. The van der Waals surface area contributed by atoms with Gasteiger partial charge in [-0.3, -0.25) is 0 Å². The maximum absolute atomic E-state index is 13.7. The van der Waals surface area contributed by atoms with Crippen LogP contribution in [0.2, 0.25) is 0 Å². The molecule has 2 aromatic rings. The minimum Gasteiger partial charge on any atom is -0.507 e. The number of rotatable bonds is 3. The summed E-state index contributed by atoms with van der Waals surface area (Å²) in [5.41, 5.74) is 0.879. The van der Waals surface area contributed by atoms with E-state index in [1.165, 1.54) is 30.7 Å². The van der Waals surface area contributed by atoms with Gasteiger partial charge in [-0.1, -0.05) is 31.4 Å². The van der Waals surface area contributed by atoms with E-state index in [1.54, 1.807) is 0 Å². The van der Waals surface area contributed by atoms with E-state index in [-0.39, 0.29) is 23.0 Å². The molecule has 2 nitrogen and oxygen atoms in total. The molecule has 0 atom stereocenters. The van der Waals surface area contributed by atoms with Crippen LogP contribution in [0.1, 0.15) is 54.7 Å². The van der Waals surface area contributed by atoms with Crippen LogP contribution >= 0.6 is 0 Å². The molecule has 1 aliphatic carbocycles. The lowest BCUT2D eigenvalue weighted by atomic mass is 9.83. The zero-order valence-electron chi connectivity index (χ0n) is 13.6. The molecule has 1 fully saturated rings. The summed E-state index contributed by atoms with van der Waals surface area (Å²) in [5.74, 6) is -3.92. The average Bonchev–Trinajstić information content (AvgIpc) is 2.59. The van der Waals surface area contributed by atoms with Crippen LogP contribution in [0.3, 0.4) is 0 Å². The van der Waals surface area contributed by atoms with Gasteiger partial charge in [-0.05, 0) is 48.6 Å². The summed E-state index contributed by atoms with van der Waals surface area (Å²) in [7, 11) is 0. The summed E-state index contributed by atoms with van der Waals surface area (Å²) in [6.07, 6.45) is 7.86. The molecule has 0 aromatic heterocycles. The molecule has 25 heavy (non-hydrogen) atoms. The molecule has 0 amide bonds. The number of aromatic hydroxyl groups is 2. The molecule has 0 radical (unpaired) electrons. The fourth-order valence-electron chi connectivity index (χ4n) is 3.41. The third-order valence-electron chi connectivity index (χ3n) is 4.69. The highest BCUT2D eigenvalue weighted by Crippen LogP contribution is 2.42. The van der Waals surface area contributed by atoms with Crippen molar-refractivity contribution in [1.29, 1.82) is 0 Å². The largest absolute Gasteiger partial charge is 0.507 e. The van der Waals surface area contributed by atoms with Crippen molar-refractivity contribution in [2.24, 2.45) is 0 Å². The van der Waals surface area contributed by atoms with Crippen molar-refractivity contribution in [2.75, 3.05) is 0 Å². The molecule has 1 aliphatic rings. The van der Waals surface area contributed by atoms with Gasteiger partial charge in [0.2, 0.25) is 0 Å². The van der Waals surface area contributed by atoms with E-state index in [9.17, 15) is 23.4 Å². The average molecular weight is 348 g/mol. The van der Waals surface area contributed by atoms with Gasteiger partial charge in [0.15, 0.2) is 17.5 Å². The van der Waals surface area contributed by atoms with Gasteiger partial charge in [-0.15, -0.1) is 0 Å². The van der Waals surface area contributed by atoms with Gasteiger partial charge in [-0.2, -0.15) is 0 Å². The lowest BCUT2D eigenvalue weighted by Crippen LogP contribution is -2.05. The summed E-state index contributed by atoms with van der Waals surface area (Å²) >= 11 is 0. The second kappa shape index (κ2) is 7.21. The third kappa shape index (κ3) is 3.65. The van der Waals surface area contributed by atoms with Gasteiger partial charge in [0, 0.05) is 11.1 Å². The number of phenolic OH excluding ortho intramolecular Hbond substituents is 2. The minimum absolute atomic E-state index is 0.00249. The molecule has 2 aromatic carbocycles. The Bertz CT molecular complexity index is 786. The van der Waals surface area contributed by atoms with Crippen LogP contribution in [-0.2, 0) is 0 Å². The molecule has 5 heteroatoms. The van der Waals surface area contributed by atoms with E-state index in [1.807, 2.05) is 0 Å². The Morgan fingerprint density at radius 2 is 1.48 bits per heavy atom. The maximum atomic E-state index is 13.7. The second-order valence-electron chi connectivity index (χ2n) is 6.41. The van der Waals surface area contributed by atoms with Crippen molar-refractivity contribution >= 4 is 12.2 Å². The Hall–Kier alpha value is -2.43. The SMILES string of the molecule is Oc1cc(C=Cc2ccc(F)c(F)c2F)cc(O)c1C1CCCCC1. The van der Waals surface area contributed by atoms with Crippen LogP contribution in [0, 0.1) is 17.5 Å². The highest BCUT2D eigenvalue weighted by atomic mass is 19.2. The zero-order chi connectivity index (χ0) is 18.0. The summed E-state index contributed by atoms with van der Waals surface area (Å²) in [4.78, 5) is 0. The van der Waals surface area contributed by atoms with Crippen molar-refractivity contribution < 1.29 is 23.4 Å². The number of phenols is 2. The highest BCUT2D eigenvalue weighted by molar-refractivity contribution is 5.72. The monoisotopic (exact) mass is 348 g/mol. The van der Waals surface area contributed by atoms with Crippen molar-refractivity contribution in [1.82, 2.24) is 0 Å². The first-order valence-electron chi connectivity index (χ1n) is 8.35. The number of hydrogen-bond donors (Lipinski definition) is 2. The topological polar surface area (TPSA) is 40.5 Å². The van der Waals surface area contributed by atoms with Crippen molar-refractivity contribution in [3.05, 3.63) is 58.4 Å². The number of hydrogen-bond acceptors (Lipinski definition) is 2. The van der Waals surface area contributed by atoms with E-state index >= 15 is 0 Å². The first-order valence-corrected chi connectivity index (χ1v) is 8.35. The molecule has 0 unspecified atom stereocenters. The van der Waals surface area contributed by atoms with E-state index in [2.05, 4.69) is 0 Å². The molecule has 0 aliphatic heterocycles. The number of benzene rings is 2. The van der Waals surface area contributed by atoms with Crippen LogP contribution < -0.4 is 0 Å². The predicted molar refractivity (Wildman–Crippen MR) is 90.8 cm³/mol. The highest BCUT2D eigenvalue weighted by Gasteiger charge is 2.22. The van der Waals surface area contributed by atoms with Gasteiger partial charge in [0.05, 0.1) is 0 Å². The van der Waals surface area contributed by atoms with Gasteiger partial charge in [-0.25, -0.2) is 13.2 Å². The van der Waals surface area contributed by atoms with Crippen LogP contribution in [0.25, 0.3) is 12.2 Å². The van der Waals surface area contributed by atoms with Crippen LogP contribution in [-0.4, -0.2) is 10.2 Å². The summed E-state index contributed by atoms with van der Waals surface area (Å²) in [6.45, 7) is 0. The Kier molecular flexibility index (Phi) is 5.02. The fraction of sp³-hybridized carbons (Fsp3) is 0.300. The fourth-order valence-corrected chi connectivity index (χ4v) is 3.41. The zero-order valence-corrected chi connectivity index (χ0v) is 13.6. The lowest BCUT2D eigenvalue weighted by Gasteiger charge is -2.23. The molecule has 132 valence electrons. The first-order chi connectivity index (χ1) is 12.0. The Balaban J connectivity index is 1.88. The van der Waals surface area contributed by atoms with Crippen molar-refractivity contribution in [3.8, 4) is 11.5 Å². The normalized spacial score (nSPS) is 15.8. The molecular formula is C20H19F3O2. The van der Waals surface area contributed by atoms with E-state index in [0.717, 1.165) is 37.8 Å². The summed E-state index contributed by atoms with van der Waals surface area (Å²) in [5, 5.41) is 20.6. The molecule has 2 N–H and O–H groups in total. The molecule has 1 saturated carbocycles. The van der Waals surface area contributed by atoms with E-state index in [4.69, 9.17) is 0 Å².